The molecule has 31 heavy (non-hydrogen) atoms. The molecule has 1 aliphatic rings. The highest BCUT2D eigenvalue weighted by atomic mass is 19.1. The Morgan fingerprint density at radius 1 is 0.968 bits per heavy atom. The zero-order chi connectivity index (χ0) is 22.0. The predicted octanol–water partition coefficient (Wildman–Crippen LogP) is 4.10. The third-order valence-corrected chi connectivity index (χ3v) is 4.81. The molecule has 0 spiro atoms. The van der Waals surface area contributed by atoms with Crippen LogP contribution in [0.1, 0.15) is 11.1 Å². The summed E-state index contributed by atoms with van der Waals surface area (Å²) in [5.41, 5.74) is 1.77. The molecule has 1 heterocycles. The van der Waals surface area contributed by atoms with Crippen LogP contribution in [0.3, 0.4) is 0 Å². The van der Waals surface area contributed by atoms with Gasteiger partial charge in [0.25, 0.3) is 11.8 Å². The number of amides is 2. The van der Waals surface area contributed by atoms with Crippen LogP contribution in [-0.2, 0) is 9.59 Å². The molecule has 0 saturated heterocycles. The number of methoxy groups -OCH3 is 1. The van der Waals surface area contributed by atoms with Crippen LogP contribution in [0.4, 0.5) is 15.8 Å². The minimum atomic E-state index is -0.579. The molecule has 152 valence electrons. The minimum Gasteiger partial charge on any atom is -0.497 e. The first-order valence-corrected chi connectivity index (χ1v) is 9.32. The summed E-state index contributed by atoms with van der Waals surface area (Å²) in [6.07, 6.45) is 0. The topological polar surface area (TPSA) is 82.4 Å². The molecule has 0 fully saturated rings. The molecule has 3 aromatic rings. The maximum absolute atomic E-state index is 13.7. The first-order chi connectivity index (χ1) is 15.0. The Kier molecular flexibility index (Phi) is 5.21. The highest BCUT2D eigenvalue weighted by Crippen LogP contribution is 2.34. The average molecular weight is 413 g/mol. The lowest BCUT2D eigenvalue weighted by Crippen LogP contribution is -2.32. The van der Waals surface area contributed by atoms with E-state index in [9.17, 15) is 14.0 Å². The molecule has 0 atom stereocenters. The van der Waals surface area contributed by atoms with Crippen molar-refractivity contribution in [1.82, 2.24) is 0 Å². The molecule has 0 unspecified atom stereocenters. The lowest BCUT2D eigenvalue weighted by atomic mass is 10.0. The molecule has 0 aromatic heterocycles. The minimum absolute atomic E-state index is 0.0325. The number of halogens is 1. The summed E-state index contributed by atoms with van der Waals surface area (Å²) in [7, 11) is 1.53. The molecule has 1 aliphatic heterocycles. The van der Waals surface area contributed by atoms with Gasteiger partial charge in [0.05, 0.1) is 30.0 Å². The van der Waals surface area contributed by atoms with Crippen molar-refractivity contribution >= 4 is 28.8 Å². The fourth-order valence-corrected chi connectivity index (χ4v) is 3.30. The molecule has 0 radical (unpaired) electrons. The van der Waals surface area contributed by atoms with Crippen molar-refractivity contribution in [1.29, 1.82) is 5.26 Å². The van der Waals surface area contributed by atoms with E-state index in [0.29, 0.717) is 28.3 Å². The highest BCUT2D eigenvalue weighted by molar-refractivity contribution is 6.46. The third kappa shape index (κ3) is 3.74. The Balaban J connectivity index is 1.80. The number of hydrogen-bond acceptors (Lipinski definition) is 5. The first-order valence-electron chi connectivity index (χ1n) is 9.32. The summed E-state index contributed by atoms with van der Waals surface area (Å²) in [4.78, 5) is 27.6. The van der Waals surface area contributed by atoms with Gasteiger partial charge in [-0.3, -0.25) is 9.59 Å². The van der Waals surface area contributed by atoms with Crippen LogP contribution in [0.2, 0.25) is 0 Å². The number of nitriles is 1. The van der Waals surface area contributed by atoms with E-state index in [0.717, 1.165) is 4.90 Å². The fraction of sp³-hybridized carbons (Fsp3) is 0.0417. The number of nitrogens with zero attached hydrogens (tertiary/aromatic N) is 2. The van der Waals surface area contributed by atoms with Crippen LogP contribution in [0, 0.1) is 17.1 Å². The fourth-order valence-electron chi connectivity index (χ4n) is 3.30. The van der Waals surface area contributed by atoms with Crippen LogP contribution in [-0.4, -0.2) is 18.9 Å². The second-order valence-electron chi connectivity index (χ2n) is 6.72. The van der Waals surface area contributed by atoms with Gasteiger partial charge in [-0.05, 0) is 60.2 Å². The molecule has 7 heteroatoms. The maximum atomic E-state index is 13.7. The summed E-state index contributed by atoms with van der Waals surface area (Å²) in [5.74, 6) is -0.981. The zero-order valence-electron chi connectivity index (χ0n) is 16.4. The first kappa shape index (κ1) is 19.9. The molecule has 1 N–H and O–H groups in total. The summed E-state index contributed by atoms with van der Waals surface area (Å²) < 4.78 is 18.8. The number of imide groups is 1. The van der Waals surface area contributed by atoms with Gasteiger partial charge in [-0.15, -0.1) is 0 Å². The van der Waals surface area contributed by atoms with Gasteiger partial charge >= 0.3 is 0 Å². The molecule has 0 saturated carbocycles. The van der Waals surface area contributed by atoms with Crippen molar-refractivity contribution in [3.05, 3.63) is 95.4 Å². The molecule has 0 aliphatic carbocycles. The number of carbonyl (C=O) groups is 2. The van der Waals surface area contributed by atoms with Crippen LogP contribution in [0.25, 0.3) is 5.57 Å². The smallest absolute Gasteiger partial charge is 0.282 e. The van der Waals surface area contributed by atoms with Gasteiger partial charge in [-0.25, -0.2) is 9.29 Å². The third-order valence-electron chi connectivity index (χ3n) is 4.81. The van der Waals surface area contributed by atoms with Crippen molar-refractivity contribution in [2.75, 3.05) is 17.3 Å². The Morgan fingerprint density at radius 3 is 2.29 bits per heavy atom. The van der Waals surface area contributed by atoms with Crippen molar-refractivity contribution in [3.8, 4) is 11.8 Å². The van der Waals surface area contributed by atoms with Gasteiger partial charge in [0.1, 0.15) is 17.3 Å². The maximum Gasteiger partial charge on any atom is 0.282 e. The molecule has 0 bridgehead atoms. The van der Waals surface area contributed by atoms with Crippen molar-refractivity contribution in [2.24, 2.45) is 0 Å². The lowest BCUT2D eigenvalue weighted by molar-refractivity contribution is -0.120. The van der Waals surface area contributed by atoms with Gasteiger partial charge in [0.15, 0.2) is 0 Å². The number of carbonyl (C=O) groups excluding carboxylic acids is 2. The Morgan fingerprint density at radius 2 is 1.68 bits per heavy atom. The monoisotopic (exact) mass is 413 g/mol. The molecule has 2 amide bonds. The number of rotatable bonds is 5. The summed E-state index contributed by atoms with van der Waals surface area (Å²) in [6.45, 7) is 0. The van der Waals surface area contributed by atoms with Gasteiger partial charge in [-0.2, -0.15) is 5.26 Å². The van der Waals surface area contributed by atoms with E-state index in [2.05, 4.69) is 5.32 Å². The van der Waals surface area contributed by atoms with Gasteiger partial charge in [-0.1, -0.05) is 18.2 Å². The van der Waals surface area contributed by atoms with E-state index < -0.39 is 17.6 Å². The molecular formula is C24H16FN3O3. The van der Waals surface area contributed by atoms with Crippen LogP contribution < -0.4 is 15.0 Å². The normalized spacial score (nSPS) is 13.4. The lowest BCUT2D eigenvalue weighted by Gasteiger charge is -2.15. The summed E-state index contributed by atoms with van der Waals surface area (Å²) >= 11 is 0. The predicted molar refractivity (Wildman–Crippen MR) is 114 cm³/mol. The second-order valence-corrected chi connectivity index (χ2v) is 6.72. The van der Waals surface area contributed by atoms with Crippen LogP contribution in [0.15, 0.2) is 78.5 Å². The standard InChI is InChI=1S/C24H16FN3O3/c1-31-20-11-7-16(8-12-20)21-22(27-18-4-2-3-17(25)13-18)24(30)28(23(21)29)19-9-5-15(14-26)6-10-19/h2-13,27H,1H3. The number of nitrogens with one attached hydrogen (secondary N) is 1. The van der Waals surface area contributed by atoms with Gasteiger partial charge in [0, 0.05) is 5.69 Å². The van der Waals surface area contributed by atoms with E-state index in [1.165, 1.54) is 49.6 Å². The number of ether oxygens (including phenoxy) is 1. The number of benzene rings is 3. The van der Waals surface area contributed by atoms with E-state index in [-0.39, 0.29) is 11.3 Å². The van der Waals surface area contributed by atoms with E-state index in [1.54, 1.807) is 30.3 Å². The molecule has 3 aromatic carbocycles. The summed E-state index contributed by atoms with van der Waals surface area (Å²) in [6, 6.07) is 20.5. The molecule has 4 rings (SSSR count). The van der Waals surface area contributed by atoms with E-state index in [1.807, 2.05) is 6.07 Å². The molecular weight excluding hydrogens is 397 g/mol. The number of hydrogen-bond donors (Lipinski definition) is 1. The Hall–Kier alpha value is -4.44. The number of anilines is 2. The highest BCUT2D eigenvalue weighted by Gasteiger charge is 2.40. The van der Waals surface area contributed by atoms with Gasteiger partial charge in [0.2, 0.25) is 0 Å². The summed E-state index contributed by atoms with van der Waals surface area (Å²) in [5, 5.41) is 11.9. The zero-order valence-corrected chi connectivity index (χ0v) is 16.4. The SMILES string of the molecule is COc1ccc(C2=C(Nc3cccc(F)c3)C(=O)N(c3ccc(C#N)cc3)C2=O)cc1. The largest absolute Gasteiger partial charge is 0.497 e. The van der Waals surface area contributed by atoms with Gasteiger partial charge < -0.3 is 10.1 Å². The second kappa shape index (κ2) is 8.13. The van der Waals surface area contributed by atoms with E-state index in [4.69, 9.17) is 10.00 Å². The van der Waals surface area contributed by atoms with Crippen LogP contribution >= 0.6 is 0 Å². The molecule has 6 nitrogen and oxygen atoms in total. The van der Waals surface area contributed by atoms with Crippen molar-refractivity contribution in [2.45, 2.75) is 0 Å². The Labute approximate surface area is 177 Å². The Bertz CT molecular complexity index is 1240. The van der Waals surface area contributed by atoms with Crippen LogP contribution in [0.5, 0.6) is 5.75 Å². The van der Waals surface area contributed by atoms with Crippen molar-refractivity contribution in [3.63, 3.8) is 0 Å². The van der Waals surface area contributed by atoms with E-state index >= 15 is 0 Å². The van der Waals surface area contributed by atoms with Crippen molar-refractivity contribution < 1.29 is 18.7 Å². The quantitative estimate of drug-likeness (QED) is 0.637. The average Bonchev–Trinajstić information content (AvgIpc) is 3.03.